The summed E-state index contributed by atoms with van der Waals surface area (Å²) in [5, 5.41) is 8.66. The minimum absolute atomic E-state index is 0.00565. The van der Waals surface area contributed by atoms with Crippen LogP contribution in [0, 0.1) is 0 Å². The van der Waals surface area contributed by atoms with Gasteiger partial charge in [-0.25, -0.2) is 0 Å². The van der Waals surface area contributed by atoms with Crippen molar-refractivity contribution in [2.75, 3.05) is 6.61 Å². The minimum Gasteiger partial charge on any atom is -0.396 e. The van der Waals surface area contributed by atoms with Crippen LogP contribution in [0.25, 0.3) is 0 Å². The van der Waals surface area contributed by atoms with Gasteiger partial charge >= 0.3 is 0 Å². The maximum Gasteiger partial charge on any atom is 0.182 e. The van der Waals surface area contributed by atoms with Gasteiger partial charge in [-0.15, -0.1) is 0 Å². The fourth-order valence-corrected chi connectivity index (χ4v) is 2.50. The molecule has 0 aromatic heterocycles. The van der Waals surface area contributed by atoms with E-state index in [9.17, 15) is 9.59 Å². The van der Waals surface area contributed by atoms with Crippen molar-refractivity contribution in [2.24, 2.45) is 0 Å². The predicted octanol–water partition coefficient (Wildman–Crippen LogP) is 3.51. The molecule has 0 aromatic carbocycles. The third-order valence-corrected chi connectivity index (χ3v) is 3.84. The molecule has 0 radical (unpaired) electrons. The van der Waals surface area contributed by atoms with Crippen molar-refractivity contribution in [1.29, 1.82) is 0 Å². The molecule has 20 heavy (non-hydrogen) atoms. The number of ketones is 2. The van der Waals surface area contributed by atoms with Crippen molar-refractivity contribution in [3.05, 3.63) is 23.3 Å². The Labute approximate surface area is 121 Å². The molecular weight excluding hydrogens is 252 g/mol. The zero-order chi connectivity index (χ0) is 14.8. The van der Waals surface area contributed by atoms with Crippen LogP contribution < -0.4 is 0 Å². The van der Waals surface area contributed by atoms with Gasteiger partial charge in [0, 0.05) is 17.8 Å². The van der Waals surface area contributed by atoms with Gasteiger partial charge in [-0.1, -0.05) is 38.5 Å². The van der Waals surface area contributed by atoms with Crippen LogP contribution in [0.3, 0.4) is 0 Å². The van der Waals surface area contributed by atoms with Gasteiger partial charge in [0.05, 0.1) is 0 Å². The Balaban J connectivity index is 2.11. The van der Waals surface area contributed by atoms with Crippen molar-refractivity contribution in [2.45, 2.75) is 64.7 Å². The largest absolute Gasteiger partial charge is 0.396 e. The van der Waals surface area contributed by atoms with E-state index in [0.717, 1.165) is 32.1 Å². The highest BCUT2D eigenvalue weighted by Crippen LogP contribution is 2.20. The van der Waals surface area contributed by atoms with Crippen LogP contribution in [0.2, 0.25) is 0 Å². The van der Waals surface area contributed by atoms with Crippen molar-refractivity contribution in [3.63, 3.8) is 0 Å². The van der Waals surface area contributed by atoms with E-state index in [2.05, 4.69) is 0 Å². The third kappa shape index (κ3) is 5.83. The highest BCUT2D eigenvalue weighted by Gasteiger charge is 2.18. The zero-order valence-corrected chi connectivity index (χ0v) is 12.5. The molecular formula is C17H26O3. The molecule has 3 heteroatoms. The Morgan fingerprint density at radius 2 is 1.30 bits per heavy atom. The molecule has 0 aliphatic heterocycles. The highest BCUT2D eigenvalue weighted by molar-refractivity contribution is 6.19. The van der Waals surface area contributed by atoms with E-state index in [4.69, 9.17) is 5.11 Å². The molecule has 0 aromatic rings. The van der Waals surface area contributed by atoms with Crippen molar-refractivity contribution in [3.8, 4) is 0 Å². The SMILES string of the molecule is CC1=C(CCCCCCCCCCO)C(=O)C=CC1=O. The van der Waals surface area contributed by atoms with Crippen LogP contribution in [0.15, 0.2) is 23.3 Å². The van der Waals surface area contributed by atoms with Gasteiger partial charge in [0.1, 0.15) is 0 Å². The number of carbonyl (C=O) groups excluding carboxylic acids is 2. The lowest BCUT2D eigenvalue weighted by atomic mass is 9.92. The second-order valence-electron chi connectivity index (χ2n) is 5.47. The molecule has 0 unspecified atom stereocenters. The average molecular weight is 278 g/mol. The summed E-state index contributed by atoms with van der Waals surface area (Å²) in [6.45, 7) is 2.05. The standard InChI is InChI=1S/C17H26O3/c1-14-15(17(20)12-11-16(14)19)10-8-6-4-2-3-5-7-9-13-18/h11-12,18H,2-10,13H2,1H3. The first-order chi connectivity index (χ1) is 9.66. The van der Waals surface area contributed by atoms with Crippen molar-refractivity contribution >= 4 is 11.6 Å². The molecule has 0 fully saturated rings. The fourth-order valence-electron chi connectivity index (χ4n) is 2.50. The molecule has 0 amide bonds. The summed E-state index contributed by atoms with van der Waals surface area (Å²) in [5.41, 5.74) is 1.34. The number of unbranched alkanes of at least 4 members (excludes halogenated alkanes) is 7. The lowest BCUT2D eigenvalue weighted by Gasteiger charge is -2.11. The quantitative estimate of drug-likeness (QED) is 0.491. The molecule has 0 atom stereocenters. The van der Waals surface area contributed by atoms with Crippen LogP contribution in [0.4, 0.5) is 0 Å². The van der Waals surface area contributed by atoms with Gasteiger partial charge in [-0.05, 0) is 38.3 Å². The molecule has 0 saturated heterocycles. The van der Waals surface area contributed by atoms with E-state index >= 15 is 0 Å². The first kappa shape index (κ1) is 16.8. The minimum atomic E-state index is -0.0246. The fraction of sp³-hybridized carbons (Fsp3) is 0.647. The first-order valence-electron chi connectivity index (χ1n) is 7.74. The van der Waals surface area contributed by atoms with Gasteiger partial charge in [0.2, 0.25) is 0 Å². The maximum absolute atomic E-state index is 11.7. The number of hydrogen-bond acceptors (Lipinski definition) is 3. The summed E-state index contributed by atoms with van der Waals surface area (Å²) in [6.07, 6.45) is 12.4. The van der Waals surface area contributed by atoms with Gasteiger partial charge in [-0.3, -0.25) is 9.59 Å². The number of carbonyl (C=O) groups is 2. The van der Waals surface area contributed by atoms with Crippen molar-refractivity contribution < 1.29 is 14.7 Å². The van der Waals surface area contributed by atoms with E-state index in [1.807, 2.05) is 0 Å². The van der Waals surface area contributed by atoms with Gasteiger partial charge in [0.15, 0.2) is 11.6 Å². The molecule has 1 rings (SSSR count). The molecule has 0 bridgehead atoms. The lowest BCUT2D eigenvalue weighted by Crippen LogP contribution is -2.12. The number of hydrogen-bond donors (Lipinski definition) is 1. The Bertz CT molecular complexity index is 391. The first-order valence-corrected chi connectivity index (χ1v) is 7.74. The van der Waals surface area contributed by atoms with E-state index in [1.165, 1.54) is 37.8 Å². The van der Waals surface area contributed by atoms with Crippen LogP contribution in [-0.4, -0.2) is 23.3 Å². The summed E-state index contributed by atoms with van der Waals surface area (Å²) < 4.78 is 0. The second kappa shape index (κ2) is 9.65. The molecule has 0 spiro atoms. The highest BCUT2D eigenvalue weighted by atomic mass is 16.2. The monoisotopic (exact) mass is 278 g/mol. The molecule has 1 aliphatic rings. The van der Waals surface area contributed by atoms with Crippen molar-refractivity contribution in [1.82, 2.24) is 0 Å². The zero-order valence-electron chi connectivity index (χ0n) is 12.5. The smallest absolute Gasteiger partial charge is 0.182 e. The van der Waals surface area contributed by atoms with Crippen LogP contribution in [-0.2, 0) is 9.59 Å². The summed E-state index contributed by atoms with van der Waals surface area (Å²) in [5.74, 6) is -0.0189. The summed E-state index contributed by atoms with van der Waals surface area (Å²) in [6, 6.07) is 0. The second-order valence-corrected chi connectivity index (χ2v) is 5.47. The molecule has 0 heterocycles. The van der Waals surface area contributed by atoms with E-state index in [-0.39, 0.29) is 11.6 Å². The Kier molecular flexibility index (Phi) is 8.12. The summed E-state index contributed by atoms with van der Waals surface area (Å²) in [4.78, 5) is 23.2. The van der Waals surface area contributed by atoms with Crippen LogP contribution >= 0.6 is 0 Å². The van der Waals surface area contributed by atoms with Crippen LogP contribution in [0.5, 0.6) is 0 Å². The summed E-state index contributed by atoms with van der Waals surface area (Å²) >= 11 is 0. The number of aliphatic hydroxyl groups is 1. The van der Waals surface area contributed by atoms with Gasteiger partial charge in [-0.2, -0.15) is 0 Å². The molecule has 0 saturated carbocycles. The molecule has 1 aliphatic carbocycles. The maximum atomic E-state index is 11.7. The predicted molar refractivity (Wildman–Crippen MR) is 80.5 cm³/mol. The van der Waals surface area contributed by atoms with E-state index in [0.29, 0.717) is 17.8 Å². The number of aliphatic hydroxyl groups excluding tert-OH is 1. The third-order valence-electron chi connectivity index (χ3n) is 3.84. The molecule has 1 N–H and O–H groups in total. The number of rotatable bonds is 10. The Morgan fingerprint density at radius 1 is 0.800 bits per heavy atom. The normalized spacial score (nSPS) is 15.3. The van der Waals surface area contributed by atoms with Gasteiger partial charge in [0.25, 0.3) is 0 Å². The molecule has 3 nitrogen and oxygen atoms in total. The topological polar surface area (TPSA) is 54.4 Å². The van der Waals surface area contributed by atoms with Gasteiger partial charge < -0.3 is 5.11 Å². The summed E-state index contributed by atoms with van der Waals surface area (Å²) in [7, 11) is 0. The number of allylic oxidation sites excluding steroid dienone is 4. The van der Waals surface area contributed by atoms with E-state index in [1.54, 1.807) is 6.92 Å². The van der Waals surface area contributed by atoms with Crippen LogP contribution in [0.1, 0.15) is 64.7 Å². The Morgan fingerprint density at radius 3 is 1.90 bits per heavy atom. The Hall–Kier alpha value is -1.22. The van der Waals surface area contributed by atoms with E-state index < -0.39 is 0 Å². The lowest BCUT2D eigenvalue weighted by molar-refractivity contribution is -0.115. The average Bonchev–Trinajstić information content (AvgIpc) is 2.44. The molecule has 112 valence electrons.